The van der Waals surface area contributed by atoms with Crippen molar-refractivity contribution >= 4 is 17.6 Å². The molecule has 0 saturated heterocycles. The average molecular weight is 228 g/mol. The number of halogens is 1. The van der Waals surface area contributed by atoms with Crippen molar-refractivity contribution in [3.8, 4) is 0 Å². The first-order valence-corrected chi connectivity index (χ1v) is 4.98. The van der Waals surface area contributed by atoms with E-state index in [0.29, 0.717) is 5.02 Å². The third-order valence-corrected chi connectivity index (χ3v) is 2.02. The normalized spacial score (nSPS) is 11.2. The Hall–Kier alpha value is -1.06. The second-order valence-electron chi connectivity index (χ2n) is 3.93. The third-order valence-electron chi connectivity index (χ3n) is 1.79. The number of rotatable bonds is 3. The fraction of sp³-hybridized carbons (Fsp3) is 0.364. The summed E-state index contributed by atoms with van der Waals surface area (Å²) in [6.45, 7) is 3.40. The highest BCUT2D eigenvalue weighted by Gasteiger charge is 2.23. The van der Waals surface area contributed by atoms with Crippen molar-refractivity contribution in [2.24, 2.45) is 5.73 Å². The molecule has 0 bridgehead atoms. The summed E-state index contributed by atoms with van der Waals surface area (Å²) in [4.78, 5) is 11.3. The lowest BCUT2D eigenvalue weighted by Crippen LogP contribution is -2.42. The van der Waals surface area contributed by atoms with Crippen LogP contribution in [0.15, 0.2) is 24.3 Å². The van der Waals surface area contributed by atoms with E-state index in [9.17, 15) is 4.79 Å². The Balaban J connectivity index is 2.55. The van der Waals surface area contributed by atoms with Gasteiger partial charge in [-0.25, -0.2) is 0 Å². The molecular weight excluding hydrogens is 214 g/mol. The highest BCUT2D eigenvalue weighted by Crippen LogP contribution is 2.12. The summed E-state index contributed by atoms with van der Waals surface area (Å²) in [7, 11) is 0. The number of hydrogen-bond donors (Lipinski definition) is 1. The first-order valence-electron chi connectivity index (χ1n) is 4.60. The van der Waals surface area contributed by atoms with Crippen LogP contribution in [0.25, 0.3) is 0 Å². The molecule has 0 aliphatic rings. The fourth-order valence-corrected chi connectivity index (χ4v) is 1.17. The maximum atomic E-state index is 11.3. The molecule has 0 aromatic heterocycles. The van der Waals surface area contributed by atoms with Crippen LogP contribution < -0.4 is 5.73 Å². The first-order chi connectivity index (χ1) is 6.89. The van der Waals surface area contributed by atoms with Crippen LogP contribution in [0.5, 0.6) is 0 Å². The minimum atomic E-state index is -0.960. The van der Waals surface area contributed by atoms with E-state index in [4.69, 9.17) is 22.1 Å². The van der Waals surface area contributed by atoms with Crippen LogP contribution in [-0.2, 0) is 16.1 Å². The van der Waals surface area contributed by atoms with Crippen molar-refractivity contribution in [2.45, 2.75) is 26.0 Å². The van der Waals surface area contributed by atoms with Gasteiger partial charge in [0.15, 0.2) is 0 Å². The van der Waals surface area contributed by atoms with Gasteiger partial charge in [0, 0.05) is 5.02 Å². The van der Waals surface area contributed by atoms with Gasteiger partial charge in [-0.1, -0.05) is 23.7 Å². The van der Waals surface area contributed by atoms with E-state index < -0.39 is 11.5 Å². The maximum Gasteiger partial charge on any atom is 0.325 e. The number of hydrogen-bond acceptors (Lipinski definition) is 3. The third kappa shape index (κ3) is 3.90. The zero-order valence-electron chi connectivity index (χ0n) is 8.79. The molecule has 0 aliphatic heterocycles. The largest absolute Gasteiger partial charge is 0.459 e. The summed E-state index contributed by atoms with van der Waals surface area (Å²) in [6, 6.07) is 7.15. The molecule has 0 heterocycles. The van der Waals surface area contributed by atoms with Crippen LogP contribution >= 0.6 is 11.6 Å². The SMILES string of the molecule is CC(C)(N)C(=O)OCc1cccc(Cl)c1. The number of nitrogens with two attached hydrogens (primary N) is 1. The molecule has 1 rings (SSSR count). The molecule has 0 amide bonds. The summed E-state index contributed by atoms with van der Waals surface area (Å²) in [5, 5.41) is 0.621. The van der Waals surface area contributed by atoms with Crippen LogP contribution in [0.1, 0.15) is 19.4 Å². The van der Waals surface area contributed by atoms with Gasteiger partial charge >= 0.3 is 5.97 Å². The van der Waals surface area contributed by atoms with Crippen molar-refractivity contribution in [2.75, 3.05) is 0 Å². The second-order valence-corrected chi connectivity index (χ2v) is 4.36. The highest BCUT2D eigenvalue weighted by atomic mass is 35.5. The smallest absolute Gasteiger partial charge is 0.325 e. The average Bonchev–Trinajstić information content (AvgIpc) is 2.12. The second kappa shape index (κ2) is 4.64. The molecule has 0 aliphatic carbocycles. The van der Waals surface area contributed by atoms with Gasteiger partial charge in [-0.05, 0) is 31.5 Å². The molecule has 1 aromatic carbocycles. The Labute approximate surface area is 94.2 Å². The number of benzene rings is 1. The topological polar surface area (TPSA) is 52.3 Å². The van der Waals surface area contributed by atoms with Gasteiger partial charge in [-0.2, -0.15) is 0 Å². The Bertz CT molecular complexity index is 358. The lowest BCUT2D eigenvalue weighted by atomic mass is 10.1. The van der Waals surface area contributed by atoms with Crippen molar-refractivity contribution in [3.63, 3.8) is 0 Å². The Morgan fingerprint density at radius 2 is 2.20 bits per heavy atom. The minimum absolute atomic E-state index is 0.194. The van der Waals surface area contributed by atoms with Gasteiger partial charge in [0.1, 0.15) is 12.1 Å². The van der Waals surface area contributed by atoms with Crippen molar-refractivity contribution in [1.82, 2.24) is 0 Å². The molecule has 0 fully saturated rings. The molecule has 0 unspecified atom stereocenters. The van der Waals surface area contributed by atoms with Gasteiger partial charge in [0.05, 0.1) is 0 Å². The quantitative estimate of drug-likeness (QED) is 0.805. The van der Waals surface area contributed by atoms with Crippen LogP contribution in [0.3, 0.4) is 0 Å². The Morgan fingerprint density at radius 1 is 1.53 bits per heavy atom. The molecule has 82 valence electrons. The summed E-state index contributed by atoms with van der Waals surface area (Å²) in [6.07, 6.45) is 0. The van der Waals surface area contributed by atoms with E-state index in [1.54, 1.807) is 32.0 Å². The zero-order valence-corrected chi connectivity index (χ0v) is 9.54. The molecule has 2 N–H and O–H groups in total. The van der Waals surface area contributed by atoms with Crippen LogP contribution in [-0.4, -0.2) is 11.5 Å². The number of ether oxygens (including phenoxy) is 1. The number of carbonyl (C=O) groups is 1. The standard InChI is InChI=1S/C11H14ClNO2/c1-11(2,13)10(14)15-7-8-4-3-5-9(12)6-8/h3-6H,7,13H2,1-2H3. The summed E-state index contributed by atoms with van der Waals surface area (Å²) in [5.41, 5.74) is 5.46. The van der Waals surface area contributed by atoms with Crippen LogP contribution in [0, 0.1) is 0 Å². The number of esters is 1. The van der Waals surface area contributed by atoms with E-state index in [1.807, 2.05) is 6.07 Å². The van der Waals surface area contributed by atoms with Crippen molar-refractivity contribution < 1.29 is 9.53 Å². The lowest BCUT2D eigenvalue weighted by Gasteiger charge is -2.16. The molecule has 0 atom stereocenters. The first kappa shape index (κ1) is 12.0. The van der Waals surface area contributed by atoms with Crippen LogP contribution in [0.4, 0.5) is 0 Å². The predicted octanol–water partition coefficient (Wildman–Crippen LogP) is 2.12. The molecular formula is C11H14ClNO2. The van der Waals surface area contributed by atoms with Crippen molar-refractivity contribution in [3.05, 3.63) is 34.9 Å². The number of carbonyl (C=O) groups excluding carboxylic acids is 1. The van der Waals surface area contributed by atoms with E-state index in [-0.39, 0.29) is 6.61 Å². The molecule has 0 radical (unpaired) electrons. The van der Waals surface area contributed by atoms with E-state index in [2.05, 4.69) is 0 Å². The summed E-state index contributed by atoms with van der Waals surface area (Å²) >= 11 is 5.78. The van der Waals surface area contributed by atoms with E-state index in [1.165, 1.54) is 0 Å². The molecule has 0 saturated carbocycles. The molecule has 0 spiro atoms. The van der Waals surface area contributed by atoms with Gasteiger partial charge in [0.25, 0.3) is 0 Å². The van der Waals surface area contributed by atoms with Gasteiger partial charge < -0.3 is 10.5 Å². The zero-order chi connectivity index (χ0) is 11.5. The minimum Gasteiger partial charge on any atom is -0.459 e. The maximum absolute atomic E-state index is 11.3. The van der Waals surface area contributed by atoms with Gasteiger partial charge in [-0.3, -0.25) is 4.79 Å². The summed E-state index contributed by atoms with van der Waals surface area (Å²) < 4.78 is 5.02. The summed E-state index contributed by atoms with van der Waals surface area (Å²) in [5.74, 6) is -0.428. The lowest BCUT2D eigenvalue weighted by molar-refractivity contribution is -0.150. The molecule has 4 heteroatoms. The predicted molar refractivity (Wildman–Crippen MR) is 59.5 cm³/mol. The fourth-order valence-electron chi connectivity index (χ4n) is 0.962. The Morgan fingerprint density at radius 3 is 2.73 bits per heavy atom. The van der Waals surface area contributed by atoms with Crippen LogP contribution in [0.2, 0.25) is 5.02 Å². The van der Waals surface area contributed by atoms with E-state index >= 15 is 0 Å². The van der Waals surface area contributed by atoms with Gasteiger partial charge in [0.2, 0.25) is 0 Å². The van der Waals surface area contributed by atoms with Crippen molar-refractivity contribution in [1.29, 1.82) is 0 Å². The monoisotopic (exact) mass is 227 g/mol. The van der Waals surface area contributed by atoms with E-state index in [0.717, 1.165) is 5.56 Å². The molecule has 15 heavy (non-hydrogen) atoms. The molecule has 3 nitrogen and oxygen atoms in total. The van der Waals surface area contributed by atoms with Gasteiger partial charge in [-0.15, -0.1) is 0 Å². The Kier molecular flexibility index (Phi) is 3.72. The highest BCUT2D eigenvalue weighted by molar-refractivity contribution is 6.30. The molecule has 1 aromatic rings.